The highest BCUT2D eigenvalue weighted by molar-refractivity contribution is 9.10. The summed E-state index contributed by atoms with van der Waals surface area (Å²) in [4.78, 5) is 0. The fourth-order valence-corrected chi connectivity index (χ4v) is 1.97. The molecule has 0 heterocycles. The highest BCUT2D eigenvalue weighted by Gasteiger charge is 2.17. The first-order chi connectivity index (χ1) is 8.12. The molecule has 0 aliphatic carbocycles. The molecule has 1 aromatic carbocycles. The smallest absolute Gasteiger partial charge is 0.176 e. The highest BCUT2D eigenvalue weighted by atomic mass is 79.9. The van der Waals surface area contributed by atoms with E-state index in [2.05, 4.69) is 21.2 Å². The molecule has 17 heavy (non-hydrogen) atoms. The monoisotopic (exact) mass is 303 g/mol. The lowest BCUT2D eigenvalue weighted by atomic mass is 10.2. The van der Waals surface area contributed by atoms with Crippen LogP contribution in [0.3, 0.4) is 0 Å². The molecule has 96 valence electrons. The maximum Gasteiger partial charge on any atom is 0.176 e. The molecule has 0 amide bonds. The van der Waals surface area contributed by atoms with Crippen LogP contribution >= 0.6 is 15.9 Å². The third kappa shape index (κ3) is 3.87. The average molecular weight is 304 g/mol. The van der Waals surface area contributed by atoms with Crippen LogP contribution in [-0.2, 0) is 9.47 Å². The van der Waals surface area contributed by atoms with Gasteiger partial charge in [-0.05, 0) is 25.1 Å². The zero-order valence-corrected chi connectivity index (χ0v) is 12.1. The van der Waals surface area contributed by atoms with E-state index in [9.17, 15) is 0 Å². The van der Waals surface area contributed by atoms with Gasteiger partial charge in [0.05, 0.1) is 18.8 Å². The Kier molecular flexibility index (Phi) is 5.74. The number of anilines is 1. The van der Waals surface area contributed by atoms with Crippen LogP contribution in [0.2, 0.25) is 0 Å². The Labute approximate surface area is 110 Å². The number of hydrogen-bond donors (Lipinski definition) is 1. The Balaban J connectivity index is 2.82. The van der Waals surface area contributed by atoms with Crippen molar-refractivity contribution in [1.82, 2.24) is 0 Å². The Bertz CT molecular complexity index is 356. The summed E-state index contributed by atoms with van der Waals surface area (Å²) in [5.41, 5.74) is 0.897. The standard InChI is InChI=1S/C12H18BrNO3/c1-8(12(16-3)17-4)14-10-7-9(13)5-6-11(10)15-2/h5-8,12,14H,1-4H3. The Morgan fingerprint density at radius 3 is 2.35 bits per heavy atom. The van der Waals surface area contributed by atoms with Gasteiger partial charge < -0.3 is 19.5 Å². The SMILES string of the molecule is COc1ccc(Br)cc1NC(C)C(OC)OC. The van der Waals surface area contributed by atoms with E-state index < -0.39 is 0 Å². The summed E-state index contributed by atoms with van der Waals surface area (Å²) in [6, 6.07) is 5.79. The van der Waals surface area contributed by atoms with Crippen molar-refractivity contribution >= 4 is 21.6 Å². The van der Waals surface area contributed by atoms with Crippen LogP contribution in [0.5, 0.6) is 5.75 Å². The highest BCUT2D eigenvalue weighted by Crippen LogP contribution is 2.28. The van der Waals surface area contributed by atoms with E-state index in [4.69, 9.17) is 14.2 Å². The number of rotatable bonds is 6. The summed E-state index contributed by atoms with van der Waals surface area (Å²) < 4.78 is 16.7. The van der Waals surface area contributed by atoms with Crippen molar-refractivity contribution in [3.05, 3.63) is 22.7 Å². The van der Waals surface area contributed by atoms with Crippen LogP contribution in [0.15, 0.2) is 22.7 Å². The zero-order valence-electron chi connectivity index (χ0n) is 10.5. The topological polar surface area (TPSA) is 39.7 Å². The number of benzene rings is 1. The van der Waals surface area contributed by atoms with Crippen LogP contribution in [0.1, 0.15) is 6.92 Å². The predicted molar refractivity (Wildman–Crippen MR) is 71.6 cm³/mol. The molecular formula is C12H18BrNO3. The minimum atomic E-state index is -0.307. The molecule has 0 aromatic heterocycles. The molecule has 1 rings (SSSR count). The van der Waals surface area contributed by atoms with Gasteiger partial charge in [-0.1, -0.05) is 15.9 Å². The lowest BCUT2D eigenvalue weighted by Crippen LogP contribution is -2.33. The number of nitrogens with one attached hydrogen (secondary N) is 1. The van der Waals surface area contributed by atoms with E-state index >= 15 is 0 Å². The van der Waals surface area contributed by atoms with Gasteiger partial charge in [0.1, 0.15) is 5.75 Å². The Morgan fingerprint density at radius 2 is 1.82 bits per heavy atom. The summed E-state index contributed by atoms with van der Waals surface area (Å²) in [5, 5.41) is 3.30. The quantitative estimate of drug-likeness (QED) is 0.820. The molecule has 1 atom stereocenters. The van der Waals surface area contributed by atoms with Crippen molar-refractivity contribution in [2.75, 3.05) is 26.6 Å². The average Bonchev–Trinajstić information content (AvgIpc) is 2.31. The summed E-state index contributed by atoms with van der Waals surface area (Å²) in [5.74, 6) is 0.783. The summed E-state index contributed by atoms with van der Waals surface area (Å²) >= 11 is 3.43. The van der Waals surface area contributed by atoms with E-state index in [1.165, 1.54) is 0 Å². The van der Waals surface area contributed by atoms with Crippen molar-refractivity contribution in [2.24, 2.45) is 0 Å². The van der Waals surface area contributed by atoms with Crippen molar-refractivity contribution < 1.29 is 14.2 Å². The van der Waals surface area contributed by atoms with Crippen molar-refractivity contribution in [1.29, 1.82) is 0 Å². The van der Waals surface area contributed by atoms with Crippen LogP contribution in [0.25, 0.3) is 0 Å². The third-order valence-electron chi connectivity index (χ3n) is 2.42. The maximum absolute atomic E-state index is 5.28. The van der Waals surface area contributed by atoms with Crippen LogP contribution < -0.4 is 10.1 Å². The molecule has 0 saturated heterocycles. The Hall–Kier alpha value is -0.780. The van der Waals surface area contributed by atoms with Gasteiger partial charge in [-0.3, -0.25) is 0 Å². The molecule has 1 aromatic rings. The second-order valence-electron chi connectivity index (χ2n) is 3.62. The minimum absolute atomic E-state index is 0.00759. The summed E-state index contributed by atoms with van der Waals surface area (Å²) in [7, 11) is 4.87. The molecule has 0 bridgehead atoms. The molecule has 0 aliphatic heterocycles. The second kappa shape index (κ2) is 6.83. The fourth-order valence-electron chi connectivity index (χ4n) is 1.61. The van der Waals surface area contributed by atoms with Gasteiger partial charge in [0, 0.05) is 18.7 Å². The summed E-state index contributed by atoms with van der Waals surface area (Å²) in [6.45, 7) is 1.98. The van der Waals surface area contributed by atoms with E-state index in [0.717, 1.165) is 15.9 Å². The van der Waals surface area contributed by atoms with Crippen molar-refractivity contribution in [3.63, 3.8) is 0 Å². The molecule has 5 heteroatoms. The van der Waals surface area contributed by atoms with Crippen LogP contribution in [0.4, 0.5) is 5.69 Å². The van der Waals surface area contributed by atoms with Gasteiger partial charge in [0.15, 0.2) is 6.29 Å². The maximum atomic E-state index is 5.28. The first-order valence-corrected chi connectivity index (χ1v) is 6.07. The van der Waals surface area contributed by atoms with Gasteiger partial charge in [0.25, 0.3) is 0 Å². The zero-order chi connectivity index (χ0) is 12.8. The molecule has 0 radical (unpaired) electrons. The van der Waals surface area contributed by atoms with Gasteiger partial charge in [-0.2, -0.15) is 0 Å². The number of halogens is 1. The second-order valence-corrected chi connectivity index (χ2v) is 4.53. The fraction of sp³-hybridized carbons (Fsp3) is 0.500. The van der Waals surface area contributed by atoms with E-state index in [-0.39, 0.29) is 12.3 Å². The van der Waals surface area contributed by atoms with Crippen LogP contribution in [-0.4, -0.2) is 33.7 Å². The molecule has 0 aliphatic rings. The van der Waals surface area contributed by atoms with E-state index in [0.29, 0.717) is 0 Å². The van der Waals surface area contributed by atoms with Gasteiger partial charge in [-0.15, -0.1) is 0 Å². The molecule has 1 N–H and O–H groups in total. The van der Waals surface area contributed by atoms with Gasteiger partial charge in [0.2, 0.25) is 0 Å². The Morgan fingerprint density at radius 1 is 1.18 bits per heavy atom. The van der Waals surface area contributed by atoms with Gasteiger partial charge in [-0.25, -0.2) is 0 Å². The lowest BCUT2D eigenvalue weighted by Gasteiger charge is -2.24. The lowest BCUT2D eigenvalue weighted by molar-refractivity contribution is -0.109. The van der Waals surface area contributed by atoms with Crippen molar-refractivity contribution in [2.45, 2.75) is 19.3 Å². The van der Waals surface area contributed by atoms with Gasteiger partial charge >= 0.3 is 0 Å². The van der Waals surface area contributed by atoms with E-state index in [1.807, 2.05) is 25.1 Å². The number of hydrogen-bond acceptors (Lipinski definition) is 4. The number of methoxy groups -OCH3 is 3. The molecular weight excluding hydrogens is 286 g/mol. The predicted octanol–water partition coefficient (Wildman–Crippen LogP) is 2.88. The molecule has 4 nitrogen and oxygen atoms in total. The van der Waals surface area contributed by atoms with Crippen molar-refractivity contribution in [3.8, 4) is 5.75 Å². The molecule has 0 spiro atoms. The minimum Gasteiger partial charge on any atom is -0.495 e. The molecule has 0 fully saturated rings. The third-order valence-corrected chi connectivity index (χ3v) is 2.91. The number of ether oxygens (including phenoxy) is 3. The normalized spacial score (nSPS) is 12.6. The molecule has 1 unspecified atom stereocenters. The summed E-state index contributed by atoms with van der Waals surface area (Å²) in [6.07, 6.45) is -0.307. The largest absolute Gasteiger partial charge is 0.495 e. The molecule has 0 saturated carbocycles. The van der Waals surface area contributed by atoms with Crippen LogP contribution in [0, 0.1) is 0 Å². The first kappa shape index (κ1) is 14.3. The van der Waals surface area contributed by atoms with E-state index in [1.54, 1.807) is 21.3 Å². The first-order valence-electron chi connectivity index (χ1n) is 5.28.